The second-order valence-electron chi connectivity index (χ2n) is 6.52. The fourth-order valence-electron chi connectivity index (χ4n) is 3.15. The van der Waals surface area contributed by atoms with Crippen molar-refractivity contribution in [1.82, 2.24) is 20.1 Å². The molecule has 1 aliphatic heterocycles. The van der Waals surface area contributed by atoms with Gasteiger partial charge in [-0.05, 0) is 36.4 Å². The average Bonchev–Trinajstić information content (AvgIpc) is 3.40. The Balaban J connectivity index is 0.00000240. The molecular formula is C19H23ClIN7O. The Morgan fingerprint density at radius 3 is 2.62 bits per heavy atom. The molecule has 0 aliphatic carbocycles. The lowest BCUT2D eigenvalue weighted by Crippen LogP contribution is -2.51. The summed E-state index contributed by atoms with van der Waals surface area (Å²) in [5, 5.41) is 7.82. The number of furan rings is 1. The van der Waals surface area contributed by atoms with Crippen LogP contribution in [0.4, 0.5) is 5.69 Å². The van der Waals surface area contributed by atoms with Gasteiger partial charge >= 0.3 is 0 Å². The molecule has 1 fully saturated rings. The van der Waals surface area contributed by atoms with Crippen LogP contribution in [-0.2, 0) is 6.42 Å². The van der Waals surface area contributed by atoms with E-state index in [1.54, 1.807) is 6.26 Å². The third-order valence-electron chi connectivity index (χ3n) is 4.69. The van der Waals surface area contributed by atoms with Gasteiger partial charge in [0, 0.05) is 49.9 Å². The number of hydrogen-bond acceptors (Lipinski definition) is 5. The summed E-state index contributed by atoms with van der Waals surface area (Å²) in [6, 6.07) is 11.6. The zero-order valence-corrected chi connectivity index (χ0v) is 18.9. The number of halogens is 2. The SMILES string of the molecule is I.NC(=NCCc1nc(-c2ccco2)n[nH]1)N1CCN(c2ccc(Cl)cc2)CC1. The maximum atomic E-state index is 6.18. The molecule has 10 heteroatoms. The van der Waals surface area contributed by atoms with Crippen molar-refractivity contribution >= 4 is 47.2 Å². The van der Waals surface area contributed by atoms with Crippen molar-refractivity contribution in [1.29, 1.82) is 0 Å². The number of H-pyrrole nitrogens is 1. The van der Waals surface area contributed by atoms with Gasteiger partial charge in [0.1, 0.15) is 5.82 Å². The first-order valence-electron chi connectivity index (χ1n) is 9.19. The minimum Gasteiger partial charge on any atom is -0.461 e. The maximum absolute atomic E-state index is 6.18. The molecule has 0 radical (unpaired) electrons. The van der Waals surface area contributed by atoms with Crippen LogP contribution < -0.4 is 10.6 Å². The second kappa shape index (κ2) is 9.97. The molecule has 29 heavy (non-hydrogen) atoms. The first kappa shape index (κ1) is 21.4. The summed E-state index contributed by atoms with van der Waals surface area (Å²) in [7, 11) is 0. The lowest BCUT2D eigenvalue weighted by atomic mass is 10.2. The molecule has 3 heterocycles. The van der Waals surface area contributed by atoms with Gasteiger partial charge in [-0.3, -0.25) is 10.1 Å². The highest BCUT2D eigenvalue weighted by Crippen LogP contribution is 2.19. The lowest BCUT2D eigenvalue weighted by molar-refractivity contribution is 0.381. The summed E-state index contributed by atoms with van der Waals surface area (Å²) < 4.78 is 5.29. The molecule has 3 N–H and O–H groups in total. The number of aromatic nitrogens is 3. The number of nitrogens with two attached hydrogens (primary N) is 1. The third kappa shape index (κ3) is 5.41. The summed E-state index contributed by atoms with van der Waals surface area (Å²) in [5.41, 5.74) is 7.36. The fraction of sp³-hybridized carbons (Fsp3) is 0.316. The van der Waals surface area contributed by atoms with Crippen LogP contribution in [0.1, 0.15) is 5.82 Å². The smallest absolute Gasteiger partial charge is 0.216 e. The number of hydrogen-bond donors (Lipinski definition) is 2. The Hall–Kier alpha value is -2.27. The average molecular weight is 528 g/mol. The second-order valence-corrected chi connectivity index (χ2v) is 6.96. The number of aromatic amines is 1. The molecule has 0 unspecified atom stereocenters. The van der Waals surface area contributed by atoms with Gasteiger partial charge in [-0.15, -0.1) is 24.0 Å². The third-order valence-corrected chi connectivity index (χ3v) is 4.94. The molecule has 1 aliphatic rings. The Morgan fingerprint density at radius 2 is 1.93 bits per heavy atom. The molecule has 0 bridgehead atoms. The molecule has 1 aromatic carbocycles. The van der Waals surface area contributed by atoms with Crippen LogP contribution in [0.3, 0.4) is 0 Å². The van der Waals surface area contributed by atoms with Crippen molar-refractivity contribution in [3.05, 3.63) is 53.5 Å². The van der Waals surface area contributed by atoms with Gasteiger partial charge in [-0.2, -0.15) is 5.10 Å². The number of aliphatic imine (C=N–C) groups is 1. The van der Waals surface area contributed by atoms with Gasteiger partial charge < -0.3 is 20.0 Å². The summed E-state index contributed by atoms with van der Waals surface area (Å²) in [6.07, 6.45) is 2.24. The minimum absolute atomic E-state index is 0. The maximum Gasteiger partial charge on any atom is 0.216 e. The van der Waals surface area contributed by atoms with Gasteiger partial charge in [0.15, 0.2) is 11.7 Å². The number of piperazine rings is 1. The van der Waals surface area contributed by atoms with E-state index in [0.29, 0.717) is 30.5 Å². The summed E-state index contributed by atoms with van der Waals surface area (Å²) in [4.78, 5) is 13.3. The Bertz CT molecular complexity index is 918. The molecular weight excluding hydrogens is 505 g/mol. The first-order chi connectivity index (χ1) is 13.7. The standard InChI is InChI=1S/C19H22ClN7O.HI/c20-14-3-5-15(6-4-14)26-9-11-27(12-10-26)19(21)22-8-7-17-23-18(25-24-17)16-2-1-13-28-16;/h1-6,13H,7-12H2,(H2,21,22)(H,23,24,25);1H. The Morgan fingerprint density at radius 1 is 1.17 bits per heavy atom. The van der Waals surface area contributed by atoms with Crippen molar-refractivity contribution in [3.63, 3.8) is 0 Å². The van der Waals surface area contributed by atoms with E-state index in [0.717, 1.165) is 37.0 Å². The molecule has 0 amide bonds. The predicted molar refractivity (Wildman–Crippen MR) is 125 cm³/mol. The summed E-state index contributed by atoms with van der Waals surface area (Å²) in [6.45, 7) is 4.01. The van der Waals surface area contributed by atoms with Gasteiger partial charge in [0.05, 0.1) is 6.26 Å². The highest BCUT2D eigenvalue weighted by Gasteiger charge is 2.18. The monoisotopic (exact) mass is 527 g/mol. The van der Waals surface area contributed by atoms with E-state index in [1.165, 1.54) is 5.69 Å². The number of anilines is 1. The minimum atomic E-state index is 0. The Kier molecular flexibility index (Phi) is 7.37. The topological polar surface area (TPSA) is 99.6 Å². The number of nitrogens with one attached hydrogen (secondary N) is 1. The normalized spacial score (nSPS) is 14.7. The van der Waals surface area contributed by atoms with Crippen molar-refractivity contribution in [3.8, 4) is 11.6 Å². The van der Waals surface area contributed by atoms with Crippen molar-refractivity contribution in [2.75, 3.05) is 37.6 Å². The van der Waals surface area contributed by atoms with Crippen LogP contribution >= 0.6 is 35.6 Å². The lowest BCUT2D eigenvalue weighted by Gasteiger charge is -2.36. The highest BCUT2D eigenvalue weighted by molar-refractivity contribution is 14.0. The Labute approximate surface area is 191 Å². The quantitative estimate of drug-likeness (QED) is 0.301. The fourth-order valence-corrected chi connectivity index (χ4v) is 3.27. The summed E-state index contributed by atoms with van der Waals surface area (Å²) in [5.74, 6) is 2.52. The molecule has 0 spiro atoms. The van der Waals surface area contributed by atoms with E-state index >= 15 is 0 Å². The van der Waals surface area contributed by atoms with Crippen LogP contribution in [0, 0.1) is 0 Å². The molecule has 8 nitrogen and oxygen atoms in total. The van der Waals surface area contributed by atoms with E-state index in [9.17, 15) is 0 Å². The van der Waals surface area contributed by atoms with E-state index in [4.69, 9.17) is 21.8 Å². The molecule has 1 saturated heterocycles. The number of benzene rings is 1. The molecule has 3 aromatic rings. The van der Waals surface area contributed by atoms with Crippen molar-refractivity contribution in [2.24, 2.45) is 10.7 Å². The first-order valence-corrected chi connectivity index (χ1v) is 9.57. The van der Waals surface area contributed by atoms with E-state index in [1.807, 2.05) is 36.4 Å². The molecule has 0 saturated carbocycles. The number of rotatable bonds is 5. The van der Waals surface area contributed by atoms with Gasteiger partial charge in [0.25, 0.3) is 0 Å². The molecule has 154 valence electrons. The van der Waals surface area contributed by atoms with Gasteiger partial charge in [-0.25, -0.2) is 4.98 Å². The number of guanidine groups is 1. The van der Waals surface area contributed by atoms with E-state index < -0.39 is 0 Å². The molecule has 2 aromatic heterocycles. The molecule has 0 atom stereocenters. The number of nitrogens with zero attached hydrogens (tertiary/aromatic N) is 5. The van der Waals surface area contributed by atoms with Gasteiger partial charge in [-0.1, -0.05) is 11.6 Å². The zero-order valence-electron chi connectivity index (χ0n) is 15.8. The summed E-state index contributed by atoms with van der Waals surface area (Å²) >= 11 is 5.96. The van der Waals surface area contributed by atoms with E-state index in [2.05, 4.69) is 30.0 Å². The van der Waals surface area contributed by atoms with E-state index in [-0.39, 0.29) is 24.0 Å². The largest absolute Gasteiger partial charge is 0.461 e. The van der Waals surface area contributed by atoms with Crippen LogP contribution in [0.15, 0.2) is 52.1 Å². The van der Waals surface area contributed by atoms with Crippen LogP contribution in [0.25, 0.3) is 11.6 Å². The van der Waals surface area contributed by atoms with Crippen LogP contribution in [0.2, 0.25) is 5.02 Å². The van der Waals surface area contributed by atoms with Crippen molar-refractivity contribution in [2.45, 2.75) is 6.42 Å². The van der Waals surface area contributed by atoms with Crippen molar-refractivity contribution < 1.29 is 4.42 Å². The predicted octanol–water partition coefficient (Wildman–Crippen LogP) is 3.02. The molecule has 4 rings (SSSR count). The zero-order chi connectivity index (χ0) is 19.3. The highest BCUT2D eigenvalue weighted by atomic mass is 127. The van der Waals surface area contributed by atoms with Crippen LogP contribution in [-0.4, -0.2) is 58.8 Å². The van der Waals surface area contributed by atoms with Gasteiger partial charge in [0.2, 0.25) is 5.82 Å². The van der Waals surface area contributed by atoms with Crippen LogP contribution in [0.5, 0.6) is 0 Å².